The van der Waals surface area contributed by atoms with Gasteiger partial charge in [-0.15, -0.1) is 0 Å². The van der Waals surface area contributed by atoms with E-state index < -0.39 is 11.9 Å². The van der Waals surface area contributed by atoms with E-state index in [4.69, 9.17) is 9.47 Å². The first-order valence-corrected chi connectivity index (χ1v) is 9.33. The van der Waals surface area contributed by atoms with Gasteiger partial charge in [-0.05, 0) is 42.6 Å². The Balaban J connectivity index is 1.82. The molecule has 1 saturated heterocycles. The minimum Gasteiger partial charge on any atom is -0.388 e. The molecule has 5 atom stereocenters. The third kappa shape index (κ3) is 2.20. The third-order valence-corrected chi connectivity index (χ3v) is 7.03. The van der Waals surface area contributed by atoms with E-state index in [-0.39, 0.29) is 5.41 Å². The average Bonchev–Trinajstić information content (AvgIpc) is 3.07. The van der Waals surface area contributed by atoms with E-state index in [0.29, 0.717) is 36.9 Å². The Bertz CT molecular complexity index is 529. The highest BCUT2D eigenvalue weighted by atomic mass is 16.7. The van der Waals surface area contributed by atoms with Crippen LogP contribution >= 0.6 is 0 Å². The van der Waals surface area contributed by atoms with Gasteiger partial charge < -0.3 is 14.6 Å². The van der Waals surface area contributed by atoms with Crippen LogP contribution < -0.4 is 0 Å². The van der Waals surface area contributed by atoms with Crippen LogP contribution in [-0.4, -0.2) is 30.2 Å². The maximum atomic E-state index is 11.0. The van der Waals surface area contributed by atoms with Gasteiger partial charge in [0.15, 0.2) is 5.79 Å². The number of rotatable bonds is 1. The number of fused-ring (bicyclic) bond motifs is 4. The molecule has 1 spiro atoms. The van der Waals surface area contributed by atoms with E-state index >= 15 is 0 Å². The molecule has 0 aromatic heterocycles. The summed E-state index contributed by atoms with van der Waals surface area (Å²) in [5.41, 5.74) is 1.18. The highest BCUT2D eigenvalue weighted by Crippen LogP contribution is 2.61. The van der Waals surface area contributed by atoms with E-state index in [1.807, 2.05) is 0 Å². The number of hydrogen-bond donors (Lipinski definition) is 1. The van der Waals surface area contributed by atoms with Gasteiger partial charge in [-0.3, -0.25) is 0 Å². The molecule has 1 N–H and O–H groups in total. The molecular formula is C20H30O3. The van der Waals surface area contributed by atoms with Gasteiger partial charge in [0.25, 0.3) is 0 Å². The van der Waals surface area contributed by atoms with Crippen molar-refractivity contribution in [1.29, 1.82) is 0 Å². The van der Waals surface area contributed by atoms with Crippen LogP contribution in [0, 0.1) is 29.1 Å². The quantitative estimate of drug-likeness (QED) is 0.750. The van der Waals surface area contributed by atoms with E-state index in [0.717, 1.165) is 19.3 Å². The summed E-state index contributed by atoms with van der Waals surface area (Å²) in [6.45, 7) is 8.28. The highest BCUT2D eigenvalue weighted by Gasteiger charge is 2.58. The first-order valence-electron chi connectivity index (χ1n) is 9.33. The Morgan fingerprint density at radius 1 is 1.22 bits per heavy atom. The van der Waals surface area contributed by atoms with Gasteiger partial charge in [0, 0.05) is 17.8 Å². The molecule has 23 heavy (non-hydrogen) atoms. The number of allylic oxidation sites excluding steroid dienone is 2. The Morgan fingerprint density at radius 3 is 2.65 bits per heavy atom. The summed E-state index contributed by atoms with van der Waals surface area (Å²) in [5.74, 6) is 1.55. The first kappa shape index (κ1) is 15.9. The molecular weight excluding hydrogens is 288 g/mol. The number of hydrogen-bond acceptors (Lipinski definition) is 3. The largest absolute Gasteiger partial charge is 0.388 e. The van der Waals surface area contributed by atoms with E-state index in [1.165, 1.54) is 12.0 Å². The molecule has 3 heteroatoms. The van der Waals surface area contributed by atoms with Crippen LogP contribution in [0.2, 0.25) is 0 Å². The Labute approximate surface area is 139 Å². The fraction of sp³-hybridized carbons (Fsp3) is 0.800. The van der Waals surface area contributed by atoms with Crippen molar-refractivity contribution in [2.24, 2.45) is 29.1 Å². The smallest absolute Gasteiger partial charge is 0.191 e. The van der Waals surface area contributed by atoms with Crippen molar-refractivity contribution in [2.45, 2.75) is 58.3 Å². The Morgan fingerprint density at radius 2 is 1.96 bits per heavy atom. The lowest BCUT2D eigenvalue weighted by Crippen LogP contribution is -2.49. The van der Waals surface area contributed by atoms with Gasteiger partial charge >= 0.3 is 0 Å². The molecule has 0 amide bonds. The van der Waals surface area contributed by atoms with Crippen molar-refractivity contribution < 1.29 is 14.6 Å². The van der Waals surface area contributed by atoms with Crippen LogP contribution in [-0.2, 0) is 9.47 Å². The number of ether oxygens (including phenoxy) is 2. The number of aliphatic hydroxyl groups excluding tert-OH is 1. The van der Waals surface area contributed by atoms with Crippen molar-refractivity contribution in [3.8, 4) is 0 Å². The van der Waals surface area contributed by atoms with Gasteiger partial charge in [-0.2, -0.15) is 0 Å². The lowest BCUT2D eigenvalue weighted by atomic mass is 9.59. The van der Waals surface area contributed by atoms with Gasteiger partial charge in [-0.1, -0.05) is 39.0 Å². The normalized spacial score (nSPS) is 45.0. The van der Waals surface area contributed by atoms with Crippen molar-refractivity contribution in [1.82, 2.24) is 0 Å². The van der Waals surface area contributed by atoms with E-state index in [9.17, 15) is 5.11 Å². The number of aliphatic hydroxyl groups is 1. The molecule has 0 radical (unpaired) electrons. The topological polar surface area (TPSA) is 38.7 Å². The second-order valence-electron chi connectivity index (χ2n) is 8.49. The fourth-order valence-corrected chi connectivity index (χ4v) is 5.78. The summed E-state index contributed by atoms with van der Waals surface area (Å²) in [6.07, 6.45) is 10.6. The summed E-state index contributed by atoms with van der Waals surface area (Å²) < 4.78 is 12.2. The molecule has 3 nitrogen and oxygen atoms in total. The monoisotopic (exact) mass is 318 g/mol. The summed E-state index contributed by atoms with van der Waals surface area (Å²) >= 11 is 0. The van der Waals surface area contributed by atoms with Crippen molar-refractivity contribution in [2.75, 3.05) is 13.2 Å². The van der Waals surface area contributed by atoms with E-state index in [2.05, 4.69) is 39.0 Å². The standard InChI is InChI=1S/C20H30O3/c1-13(2)14-7-9-19(3)17(21)12-16-15(18(14)19)6-4-5-8-20(16)22-10-11-23-20/h4,6,12-15,17-18,21H,5,7-11H2,1-3H3/t14-,15+,17+,18+,19-/m1/s1. The predicted molar refractivity (Wildman–Crippen MR) is 89.7 cm³/mol. The van der Waals surface area contributed by atoms with Crippen LogP contribution in [0.25, 0.3) is 0 Å². The van der Waals surface area contributed by atoms with Crippen LogP contribution in [0.5, 0.6) is 0 Å². The summed E-state index contributed by atoms with van der Waals surface area (Å²) in [4.78, 5) is 0. The van der Waals surface area contributed by atoms with Gasteiger partial charge in [-0.25, -0.2) is 0 Å². The van der Waals surface area contributed by atoms with Crippen molar-refractivity contribution in [3.05, 3.63) is 23.8 Å². The predicted octanol–water partition coefficient (Wildman–Crippen LogP) is 3.69. The summed E-state index contributed by atoms with van der Waals surface area (Å²) in [7, 11) is 0. The summed E-state index contributed by atoms with van der Waals surface area (Å²) in [5, 5.41) is 11.0. The van der Waals surface area contributed by atoms with Crippen molar-refractivity contribution in [3.63, 3.8) is 0 Å². The molecule has 4 rings (SSSR count). The van der Waals surface area contributed by atoms with Crippen molar-refractivity contribution >= 4 is 0 Å². The Hall–Kier alpha value is -0.640. The molecule has 1 heterocycles. The second-order valence-corrected chi connectivity index (χ2v) is 8.49. The molecule has 128 valence electrons. The average molecular weight is 318 g/mol. The zero-order valence-electron chi connectivity index (χ0n) is 14.6. The highest BCUT2D eigenvalue weighted by molar-refractivity contribution is 5.33. The Kier molecular flexibility index (Phi) is 3.75. The van der Waals surface area contributed by atoms with Gasteiger partial charge in [0.05, 0.1) is 19.3 Å². The molecule has 0 bridgehead atoms. The SMILES string of the molecule is CC(C)[C@H]1CC[C@@]2(C)[C@@H]1[C@H]1C=CCCC3(OCCO3)C1=C[C@@H]2O. The molecule has 3 aliphatic carbocycles. The third-order valence-electron chi connectivity index (χ3n) is 7.03. The molecule has 4 aliphatic rings. The molecule has 2 fully saturated rings. The van der Waals surface area contributed by atoms with Gasteiger partial charge in [0.2, 0.25) is 0 Å². The minimum absolute atomic E-state index is 0.0163. The maximum absolute atomic E-state index is 11.0. The van der Waals surface area contributed by atoms with Crippen LogP contribution in [0.4, 0.5) is 0 Å². The zero-order chi connectivity index (χ0) is 16.2. The molecule has 0 aromatic carbocycles. The molecule has 0 unspecified atom stereocenters. The maximum Gasteiger partial charge on any atom is 0.191 e. The molecule has 1 saturated carbocycles. The van der Waals surface area contributed by atoms with Crippen LogP contribution in [0.1, 0.15) is 46.5 Å². The second kappa shape index (κ2) is 5.44. The minimum atomic E-state index is -0.583. The fourth-order valence-electron chi connectivity index (χ4n) is 5.78. The van der Waals surface area contributed by atoms with Crippen LogP contribution in [0.15, 0.2) is 23.8 Å². The lowest BCUT2D eigenvalue weighted by Gasteiger charge is -2.49. The first-order chi connectivity index (χ1) is 11.0. The summed E-state index contributed by atoms with van der Waals surface area (Å²) in [6, 6.07) is 0. The molecule has 1 aliphatic heterocycles. The van der Waals surface area contributed by atoms with Crippen LogP contribution in [0.3, 0.4) is 0 Å². The van der Waals surface area contributed by atoms with E-state index in [1.54, 1.807) is 0 Å². The van der Waals surface area contributed by atoms with Gasteiger partial charge in [0.1, 0.15) is 0 Å². The zero-order valence-corrected chi connectivity index (χ0v) is 14.6. The molecule has 0 aromatic rings. The lowest BCUT2D eigenvalue weighted by molar-refractivity contribution is -0.143.